The fourth-order valence-corrected chi connectivity index (χ4v) is 0.767. The van der Waals surface area contributed by atoms with E-state index in [1.54, 1.807) is 0 Å². The zero-order chi connectivity index (χ0) is 10.6. The molecule has 0 aliphatic heterocycles. The number of aliphatic hydroxyl groups is 2. The lowest BCUT2D eigenvalue weighted by Crippen LogP contribution is -2.37. The highest BCUT2D eigenvalue weighted by Gasteiger charge is 2.18. The van der Waals surface area contributed by atoms with Crippen LogP contribution in [-0.4, -0.2) is 38.9 Å². The van der Waals surface area contributed by atoms with E-state index >= 15 is 0 Å². The van der Waals surface area contributed by atoms with Crippen LogP contribution >= 0.6 is 0 Å². The molecule has 0 saturated heterocycles. The Labute approximate surface area is 80.6 Å². The molecule has 0 spiro atoms. The number of hydrogen-bond acceptors (Lipinski definition) is 5. The van der Waals surface area contributed by atoms with E-state index in [0.29, 0.717) is 0 Å². The van der Waals surface area contributed by atoms with Gasteiger partial charge in [0.15, 0.2) is 0 Å². The van der Waals surface area contributed by atoms with Gasteiger partial charge in [-0.3, -0.25) is 0 Å². The molecule has 0 amide bonds. The summed E-state index contributed by atoms with van der Waals surface area (Å²) in [6.07, 6.45) is 1.07. The normalized spacial score (nSPS) is 14.9. The van der Waals surface area contributed by atoms with Crippen LogP contribution < -0.4 is 5.32 Å². The Bertz CT molecular complexity index is 306. The molecule has 0 aliphatic rings. The molecule has 0 aliphatic carbocycles. The lowest BCUT2D eigenvalue weighted by atomic mass is 10.1. The van der Waals surface area contributed by atoms with E-state index in [4.69, 9.17) is 5.11 Å². The average Bonchev–Trinajstić information content (AvgIpc) is 2.15. The van der Waals surface area contributed by atoms with Gasteiger partial charge in [0, 0.05) is 12.6 Å². The van der Waals surface area contributed by atoms with Crippen molar-refractivity contribution >= 4 is 5.82 Å². The third kappa shape index (κ3) is 3.23. The first-order chi connectivity index (χ1) is 6.53. The van der Waals surface area contributed by atoms with Gasteiger partial charge >= 0.3 is 0 Å². The molecule has 0 saturated carbocycles. The highest BCUT2D eigenvalue weighted by molar-refractivity contribution is 5.32. The molecule has 0 fully saturated rings. The average molecular weight is 201 g/mol. The molecule has 78 valence electrons. The van der Waals surface area contributed by atoms with Gasteiger partial charge in [0.2, 0.25) is 5.95 Å². The maximum Gasteiger partial charge on any atom is 0.217 e. The van der Waals surface area contributed by atoms with Crippen LogP contribution in [0.25, 0.3) is 0 Å². The molecule has 3 N–H and O–H groups in total. The van der Waals surface area contributed by atoms with E-state index in [1.165, 1.54) is 6.92 Å². The van der Waals surface area contributed by atoms with E-state index in [1.807, 2.05) is 0 Å². The summed E-state index contributed by atoms with van der Waals surface area (Å²) in [5.41, 5.74) is -1.25. The van der Waals surface area contributed by atoms with Crippen molar-refractivity contribution in [2.75, 3.05) is 18.5 Å². The van der Waals surface area contributed by atoms with Crippen LogP contribution in [0.5, 0.6) is 0 Å². The van der Waals surface area contributed by atoms with Gasteiger partial charge in [-0.15, -0.1) is 0 Å². The minimum Gasteiger partial charge on any atom is -0.393 e. The number of aromatic nitrogens is 2. The Morgan fingerprint density at radius 1 is 1.57 bits per heavy atom. The van der Waals surface area contributed by atoms with Gasteiger partial charge in [0.25, 0.3) is 0 Å². The van der Waals surface area contributed by atoms with Crippen LogP contribution in [0.1, 0.15) is 6.92 Å². The van der Waals surface area contributed by atoms with Crippen molar-refractivity contribution < 1.29 is 14.6 Å². The van der Waals surface area contributed by atoms with Gasteiger partial charge in [-0.1, -0.05) is 0 Å². The van der Waals surface area contributed by atoms with E-state index in [9.17, 15) is 9.50 Å². The topological polar surface area (TPSA) is 78.3 Å². The summed E-state index contributed by atoms with van der Waals surface area (Å²) in [6.45, 7) is 1.16. The summed E-state index contributed by atoms with van der Waals surface area (Å²) in [5.74, 6) is -0.377. The monoisotopic (exact) mass is 201 g/mol. The fourth-order valence-electron chi connectivity index (χ4n) is 0.767. The van der Waals surface area contributed by atoms with Gasteiger partial charge < -0.3 is 15.5 Å². The standard InChI is InChI=1S/C8H12FN3O2/c1-8(14,4-13)3-10-7-2-6(9)11-5-12-7/h2,5,13-14H,3-4H2,1H3,(H,10,11,12). The smallest absolute Gasteiger partial charge is 0.217 e. The van der Waals surface area contributed by atoms with Gasteiger partial charge in [-0.05, 0) is 6.92 Å². The largest absolute Gasteiger partial charge is 0.393 e. The number of aliphatic hydroxyl groups excluding tert-OH is 1. The summed E-state index contributed by atoms with van der Waals surface area (Å²) in [6, 6.07) is 1.10. The Morgan fingerprint density at radius 2 is 2.29 bits per heavy atom. The molecule has 0 aromatic carbocycles. The van der Waals surface area contributed by atoms with Crippen molar-refractivity contribution in [3.63, 3.8) is 0 Å². The quantitative estimate of drug-likeness (QED) is 0.586. The minimum atomic E-state index is -1.25. The van der Waals surface area contributed by atoms with Crippen molar-refractivity contribution in [1.82, 2.24) is 9.97 Å². The molecule has 1 aromatic heterocycles. The SMILES string of the molecule is CC(O)(CO)CNc1cc(F)ncn1. The first kappa shape index (κ1) is 10.8. The predicted molar refractivity (Wildman–Crippen MR) is 48.2 cm³/mol. The van der Waals surface area contributed by atoms with Crippen molar-refractivity contribution in [2.45, 2.75) is 12.5 Å². The molecule has 5 nitrogen and oxygen atoms in total. The molecule has 6 heteroatoms. The second-order valence-corrected chi connectivity index (χ2v) is 3.23. The molecular weight excluding hydrogens is 189 g/mol. The zero-order valence-electron chi connectivity index (χ0n) is 7.74. The Kier molecular flexibility index (Phi) is 3.32. The number of nitrogens with zero attached hydrogens (tertiary/aromatic N) is 2. The van der Waals surface area contributed by atoms with Gasteiger partial charge in [-0.2, -0.15) is 4.39 Å². The summed E-state index contributed by atoms with van der Waals surface area (Å²) in [4.78, 5) is 7.00. The highest BCUT2D eigenvalue weighted by Crippen LogP contribution is 2.06. The van der Waals surface area contributed by atoms with E-state index in [-0.39, 0.29) is 19.0 Å². The first-order valence-electron chi connectivity index (χ1n) is 4.08. The molecule has 1 heterocycles. The lowest BCUT2D eigenvalue weighted by molar-refractivity contribution is 0.0131. The van der Waals surface area contributed by atoms with E-state index < -0.39 is 11.5 Å². The van der Waals surface area contributed by atoms with E-state index in [0.717, 1.165) is 12.4 Å². The second-order valence-electron chi connectivity index (χ2n) is 3.23. The predicted octanol–water partition coefficient (Wildman–Crippen LogP) is -0.229. The molecule has 1 aromatic rings. The Hall–Kier alpha value is -1.27. The number of anilines is 1. The van der Waals surface area contributed by atoms with Crippen molar-refractivity contribution in [1.29, 1.82) is 0 Å². The summed E-state index contributed by atoms with van der Waals surface area (Å²) in [7, 11) is 0. The summed E-state index contributed by atoms with van der Waals surface area (Å²) >= 11 is 0. The van der Waals surface area contributed by atoms with Gasteiger partial charge in [0.1, 0.15) is 17.7 Å². The van der Waals surface area contributed by atoms with Crippen LogP contribution in [0.2, 0.25) is 0 Å². The van der Waals surface area contributed by atoms with Crippen LogP contribution in [0, 0.1) is 5.95 Å². The van der Waals surface area contributed by atoms with Gasteiger partial charge in [-0.25, -0.2) is 9.97 Å². The Morgan fingerprint density at radius 3 is 2.86 bits per heavy atom. The molecule has 0 bridgehead atoms. The third-order valence-corrected chi connectivity index (χ3v) is 1.62. The summed E-state index contributed by atoms with van der Waals surface area (Å²) < 4.78 is 12.6. The number of hydrogen-bond donors (Lipinski definition) is 3. The zero-order valence-corrected chi connectivity index (χ0v) is 7.74. The molecule has 14 heavy (non-hydrogen) atoms. The van der Waals surface area contributed by atoms with E-state index in [2.05, 4.69) is 15.3 Å². The summed E-state index contributed by atoms with van der Waals surface area (Å²) in [5, 5.41) is 20.8. The van der Waals surface area contributed by atoms with Crippen molar-refractivity contribution in [2.24, 2.45) is 0 Å². The van der Waals surface area contributed by atoms with Crippen LogP contribution in [0.4, 0.5) is 10.2 Å². The number of rotatable bonds is 4. The highest BCUT2D eigenvalue weighted by atomic mass is 19.1. The van der Waals surface area contributed by atoms with Crippen LogP contribution in [0.3, 0.4) is 0 Å². The van der Waals surface area contributed by atoms with Crippen molar-refractivity contribution in [3.05, 3.63) is 18.3 Å². The second kappa shape index (κ2) is 4.30. The molecule has 0 radical (unpaired) electrons. The lowest BCUT2D eigenvalue weighted by Gasteiger charge is -2.20. The van der Waals surface area contributed by atoms with Crippen LogP contribution in [0.15, 0.2) is 12.4 Å². The molecule has 1 unspecified atom stereocenters. The van der Waals surface area contributed by atoms with Crippen molar-refractivity contribution in [3.8, 4) is 0 Å². The maximum absolute atomic E-state index is 12.6. The minimum absolute atomic E-state index is 0.0833. The molecule has 1 atom stereocenters. The number of halogens is 1. The molecule has 1 rings (SSSR count). The fraction of sp³-hybridized carbons (Fsp3) is 0.500. The Balaban J connectivity index is 2.54. The third-order valence-electron chi connectivity index (χ3n) is 1.62. The van der Waals surface area contributed by atoms with Crippen LogP contribution in [-0.2, 0) is 0 Å². The first-order valence-corrected chi connectivity index (χ1v) is 4.08. The van der Waals surface area contributed by atoms with Gasteiger partial charge in [0.05, 0.1) is 6.61 Å². The maximum atomic E-state index is 12.6. The number of nitrogens with one attached hydrogen (secondary N) is 1. The molecular formula is C8H12FN3O2.